The summed E-state index contributed by atoms with van der Waals surface area (Å²) in [4.78, 5) is 8.43. The number of pyridine rings is 2. The van der Waals surface area contributed by atoms with Gasteiger partial charge in [0.1, 0.15) is 8.85 Å². The van der Waals surface area contributed by atoms with Crippen LogP contribution in [0.4, 0.5) is 5.69 Å². The first kappa shape index (κ1) is 17.7. The fraction of sp³-hybridized carbons (Fsp3) is 0.267. The third-order valence-corrected chi connectivity index (χ3v) is 6.84. The highest BCUT2D eigenvalue weighted by molar-refractivity contribution is 14.1. The van der Waals surface area contributed by atoms with Crippen LogP contribution in [0.15, 0.2) is 24.5 Å². The van der Waals surface area contributed by atoms with E-state index >= 15 is 0 Å². The molecule has 3 heterocycles. The molecule has 1 N–H and O–H groups in total. The van der Waals surface area contributed by atoms with E-state index in [0.717, 1.165) is 14.6 Å². The molecular weight excluding hydrogens is 493 g/mol. The Kier molecular flexibility index (Phi) is 4.43. The molecule has 0 saturated heterocycles. The Labute approximate surface area is 168 Å². The highest BCUT2D eigenvalue weighted by Crippen LogP contribution is 2.32. The lowest BCUT2D eigenvalue weighted by molar-refractivity contribution is 0.410. The van der Waals surface area contributed by atoms with Gasteiger partial charge in [0.25, 0.3) is 0 Å². The minimum absolute atomic E-state index is 0.320. The van der Waals surface area contributed by atoms with Crippen molar-refractivity contribution in [1.82, 2.24) is 19.7 Å². The molecule has 1 saturated carbocycles. The molecule has 8 nitrogen and oxygen atoms in total. The second-order valence-electron chi connectivity index (χ2n) is 5.82. The van der Waals surface area contributed by atoms with Gasteiger partial charge in [0.15, 0.2) is 11.6 Å². The lowest BCUT2D eigenvalue weighted by atomic mass is 10.3. The van der Waals surface area contributed by atoms with E-state index in [-0.39, 0.29) is 5.25 Å². The Balaban J connectivity index is 1.79. The summed E-state index contributed by atoms with van der Waals surface area (Å²) in [5, 5.41) is 5.32. The average molecular weight is 506 g/mol. The Bertz CT molecular complexity index is 1110. The summed E-state index contributed by atoms with van der Waals surface area (Å²) >= 11 is 8.12. The second kappa shape index (κ2) is 6.50. The number of hydrogen-bond donors (Lipinski definition) is 1. The molecule has 0 bridgehead atoms. The van der Waals surface area contributed by atoms with E-state index in [1.165, 1.54) is 13.3 Å². The molecule has 136 valence electrons. The van der Waals surface area contributed by atoms with Crippen molar-refractivity contribution < 1.29 is 13.2 Å². The maximum atomic E-state index is 12.1. The number of fused-ring (bicyclic) bond motifs is 1. The van der Waals surface area contributed by atoms with E-state index in [4.69, 9.17) is 16.3 Å². The van der Waals surface area contributed by atoms with Gasteiger partial charge < -0.3 is 4.74 Å². The van der Waals surface area contributed by atoms with Crippen LogP contribution in [0.1, 0.15) is 12.8 Å². The molecular formula is C15H13ClIN5O3S. The predicted molar refractivity (Wildman–Crippen MR) is 107 cm³/mol. The van der Waals surface area contributed by atoms with Crippen LogP contribution < -0.4 is 9.46 Å². The number of anilines is 1. The maximum Gasteiger partial charge on any atom is 0.235 e. The molecule has 26 heavy (non-hydrogen) atoms. The van der Waals surface area contributed by atoms with E-state index in [9.17, 15) is 8.42 Å². The Hall–Kier alpha value is -1.66. The molecule has 0 aromatic carbocycles. The number of halogens is 2. The number of nitrogens with zero attached hydrogens (tertiary/aromatic N) is 4. The minimum Gasteiger partial charge on any atom is -0.493 e. The topological polar surface area (TPSA) is 99.0 Å². The van der Waals surface area contributed by atoms with Crippen LogP contribution in [0.2, 0.25) is 5.15 Å². The maximum absolute atomic E-state index is 12.1. The number of aromatic nitrogens is 4. The quantitative estimate of drug-likeness (QED) is 0.423. The Morgan fingerprint density at radius 1 is 1.31 bits per heavy atom. The molecule has 1 fully saturated rings. The predicted octanol–water partition coefficient (Wildman–Crippen LogP) is 2.99. The fourth-order valence-corrected chi connectivity index (χ4v) is 4.69. The van der Waals surface area contributed by atoms with E-state index in [2.05, 4.69) is 42.4 Å². The summed E-state index contributed by atoms with van der Waals surface area (Å²) in [6.07, 6.45) is 4.46. The van der Waals surface area contributed by atoms with Gasteiger partial charge in [-0.05, 0) is 35.4 Å². The highest BCUT2D eigenvalue weighted by Gasteiger charge is 2.35. The molecule has 0 radical (unpaired) electrons. The average Bonchev–Trinajstić information content (AvgIpc) is 3.41. The molecule has 3 aromatic heterocycles. The molecule has 11 heteroatoms. The van der Waals surface area contributed by atoms with Gasteiger partial charge in [-0.2, -0.15) is 5.10 Å². The van der Waals surface area contributed by atoms with Crippen LogP contribution in [0, 0.1) is 3.70 Å². The minimum atomic E-state index is -3.37. The first-order chi connectivity index (χ1) is 12.4. The van der Waals surface area contributed by atoms with Gasteiger partial charge in [-0.3, -0.25) is 4.72 Å². The second-order valence-corrected chi connectivity index (χ2v) is 9.19. The largest absolute Gasteiger partial charge is 0.493 e. The first-order valence-electron chi connectivity index (χ1n) is 7.65. The SMILES string of the molecule is COc1cc(NS(=O)(=O)C2CC2)cnc1-n1nc(I)c2cnc(Cl)cc21. The van der Waals surface area contributed by atoms with Crippen molar-refractivity contribution in [2.45, 2.75) is 18.1 Å². The van der Waals surface area contributed by atoms with Crippen molar-refractivity contribution in [1.29, 1.82) is 0 Å². The summed E-state index contributed by atoms with van der Waals surface area (Å²) < 4.78 is 34.5. The van der Waals surface area contributed by atoms with Crippen molar-refractivity contribution in [2.24, 2.45) is 0 Å². The van der Waals surface area contributed by atoms with Gasteiger partial charge in [-0.25, -0.2) is 23.1 Å². The summed E-state index contributed by atoms with van der Waals surface area (Å²) in [6, 6.07) is 3.28. The smallest absolute Gasteiger partial charge is 0.235 e. The number of rotatable bonds is 5. The van der Waals surface area contributed by atoms with E-state index in [1.807, 2.05) is 0 Å². The van der Waals surface area contributed by atoms with Crippen molar-refractivity contribution in [3.8, 4) is 11.6 Å². The van der Waals surface area contributed by atoms with E-state index in [0.29, 0.717) is 35.2 Å². The normalized spacial score (nSPS) is 14.6. The van der Waals surface area contributed by atoms with Gasteiger partial charge in [0.2, 0.25) is 10.0 Å². The van der Waals surface area contributed by atoms with Crippen molar-refractivity contribution in [3.63, 3.8) is 0 Å². The van der Waals surface area contributed by atoms with Crippen LogP contribution in [0.3, 0.4) is 0 Å². The van der Waals surface area contributed by atoms with Crippen LogP contribution in [-0.4, -0.2) is 40.5 Å². The zero-order valence-electron chi connectivity index (χ0n) is 13.5. The summed E-state index contributed by atoms with van der Waals surface area (Å²) in [5.41, 5.74) is 1.08. The van der Waals surface area contributed by atoms with Crippen molar-refractivity contribution in [2.75, 3.05) is 11.8 Å². The third-order valence-electron chi connectivity index (χ3n) is 3.96. The molecule has 0 atom stereocenters. The number of hydrogen-bond acceptors (Lipinski definition) is 6. The molecule has 4 rings (SSSR count). The molecule has 0 spiro atoms. The van der Waals surface area contributed by atoms with E-state index in [1.54, 1.807) is 23.0 Å². The Morgan fingerprint density at radius 2 is 2.08 bits per heavy atom. The number of nitrogens with one attached hydrogen (secondary N) is 1. The van der Waals surface area contributed by atoms with Gasteiger partial charge in [-0.15, -0.1) is 0 Å². The third kappa shape index (κ3) is 3.21. The van der Waals surface area contributed by atoms with Crippen LogP contribution in [0.25, 0.3) is 16.7 Å². The van der Waals surface area contributed by atoms with Crippen molar-refractivity contribution >= 4 is 60.8 Å². The first-order valence-corrected chi connectivity index (χ1v) is 10.6. The summed E-state index contributed by atoms with van der Waals surface area (Å²) in [5.74, 6) is 0.812. The number of methoxy groups -OCH3 is 1. The monoisotopic (exact) mass is 505 g/mol. The van der Waals surface area contributed by atoms with Gasteiger partial charge in [0.05, 0.1) is 35.1 Å². The zero-order chi connectivity index (χ0) is 18.5. The lowest BCUT2D eigenvalue weighted by Gasteiger charge is -2.12. The molecule has 0 amide bonds. The summed E-state index contributed by atoms with van der Waals surface area (Å²) in [7, 11) is -1.88. The van der Waals surface area contributed by atoms with Gasteiger partial charge >= 0.3 is 0 Å². The van der Waals surface area contributed by atoms with Crippen molar-refractivity contribution in [3.05, 3.63) is 33.4 Å². The number of sulfonamides is 1. The van der Waals surface area contributed by atoms with Gasteiger partial charge in [0, 0.05) is 18.3 Å². The fourth-order valence-electron chi connectivity index (χ4n) is 2.54. The molecule has 1 aliphatic rings. The van der Waals surface area contributed by atoms with E-state index < -0.39 is 10.0 Å². The van der Waals surface area contributed by atoms with Crippen LogP contribution in [0.5, 0.6) is 5.75 Å². The summed E-state index contributed by atoms with van der Waals surface area (Å²) in [6.45, 7) is 0. The van der Waals surface area contributed by atoms with Crippen LogP contribution >= 0.6 is 34.2 Å². The molecule has 0 unspecified atom stereocenters. The molecule has 0 aliphatic heterocycles. The number of ether oxygens (including phenoxy) is 1. The zero-order valence-corrected chi connectivity index (χ0v) is 17.2. The lowest BCUT2D eigenvalue weighted by Crippen LogP contribution is -2.17. The molecule has 3 aromatic rings. The Morgan fingerprint density at radius 3 is 2.77 bits per heavy atom. The van der Waals surface area contributed by atoms with Gasteiger partial charge in [-0.1, -0.05) is 11.6 Å². The standard InChI is InChI=1S/C15H13ClIN5O3S/c1-25-12-4-8(21-26(23,24)9-2-3-9)6-19-15(12)22-11-5-13(16)18-7-10(11)14(17)20-22/h4-7,9,21H,2-3H2,1H3. The highest BCUT2D eigenvalue weighted by atomic mass is 127. The molecule has 1 aliphatic carbocycles. The van der Waals surface area contributed by atoms with Crippen LogP contribution in [-0.2, 0) is 10.0 Å².